The second-order valence-corrected chi connectivity index (χ2v) is 7.32. The molecule has 1 fully saturated rings. The maximum atomic E-state index is 12.3. The highest BCUT2D eigenvalue weighted by Crippen LogP contribution is 2.47. The van der Waals surface area contributed by atoms with Gasteiger partial charge in [-0.05, 0) is 58.7 Å². The van der Waals surface area contributed by atoms with E-state index < -0.39 is 0 Å². The lowest BCUT2D eigenvalue weighted by Crippen LogP contribution is -2.29. The van der Waals surface area contributed by atoms with Crippen LogP contribution in [0, 0.1) is 5.92 Å². The molecule has 0 spiro atoms. The lowest BCUT2D eigenvalue weighted by atomic mass is 9.97. The van der Waals surface area contributed by atoms with Crippen LogP contribution < -0.4 is 4.90 Å². The Morgan fingerprint density at radius 2 is 2.00 bits per heavy atom. The number of rotatable bonds is 2. The van der Waals surface area contributed by atoms with E-state index >= 15 is 0 Å². The molecule has 0 radical (unpaired) electrons. The van der Waals surface area contributed by atoms with Crippen LogP contribution in [0.4, 0.5) is 5.69 Å². The third kappa shape index (κ3) is 3.10. The van der Waals surface area contributed by atoms with Crippen LogP contribution in [-0.2, 0) is 11.3 Å². The number of amides is 1. The van der Waals surface area contributed by atoms with Gasteiger partial charge in [-0.15, -0.1) is 0 Å². The SMILES string of the molecule is CC(=O)N1Cc2cc([C@H]3C[C@@H]3CO)ccc2C=Cc2cc(Cl)ccc21. The molecule has 0 saturated heterocycles. The Kier molecular flexibility index (Phi) is 4.14. The third-order valence-electron chi connectivity index (χ3n) is 5.18. The van der Waals surface area contributed by atoms with Gasteiger partial charge in [0, 0.05) is 18.6 Å². The van der Waals surface area contributed by atoms with Crippen LogP contribution in [0.5, 0.6) is 0 Å². The van der Waals surface area contributed by atoms with Crippen LogP contribution in [0.25, 0.3) is 12.2 Å². The molecule has 25 heavy (non-hydrogen) atoms. The van der Waals surface area contributed by atoms with Crippen molar-refractivity contribution in [3.8, 4) is 0 Å². The summed E-state index contributed by atoms with van der Waals surface area (Å²) in [4.78, 5) is 14.1. The predicted octanol–water partition coefficient (Wildman–Crippen LogP) is 4.47. The van der Waals surface area contributed by atoms with Gasteiger partial charge in [-0.1, -0.05) is 42.0 Å². The molecule has 1 aliphatic heterocycles. The number of nitrogens with zero attached hydrogens (tertiary/aromatic N) is 1. The summed E-state index contributed by atoms with van der Waals surface area (Å²) in [6.45, 7) is 2.37. The zero-order valence-electron chi connectivity index (χ0n) is 14.1. The van der Waals surface area contributed by atoms with Gasteiger partial charge in [0.1, 0.15) is 0 Å². The van der Waals surface area contributed by atoms with Gasteiger partial charge < -0.3 is 10.0 Å². The second kappa shape index (κ2) is 6.32. The first-order chi connectivity index (χ1) is 12.1. The number of fused-ring (bicyclic) bond motifs is 2. The van der Waals surface area contributed by atoms with Crippen LogP contribution in [0.3, 0.4) is 0 Å². The lowest BCUT2D eigenvalue weighted by molar-refractivity contribution is -0.116. The molecular formula is C21H20ClNO2. The number of hydrogen-bond acceptors (Lipinski definition) is 2. The summed E-state index contributed by atoms with van der Waals surface area (Å²) in [7, 11) is 0. The van der Waals surface area contributed by atoms with Crippen molar-refractivity contribution in [2.45, 2.75) is 25.8 Å². The van der Waals surface area contributed by atoms with Gasteiger partial charge in [0.15, 0.2) is 0 Å². The van der Waals surface area contributed by atoms with Gasteiger partial charge in [0.05, 0.1) is 12.2 Å². The molecule has 1 saturated carbocycles. The molecule has 1 N–H and O–H groups in total. The summed E-state index contributed by atoms with van der Waals surface area (Å²) < 4.78 is 0. The minimum Gasteiger partial charge on any atom is -0.396 e. The molecule has 4 heteroatoms. The van der Waals surface area contributed by atoms with E-state index in [-0.39, 0.29) is 12.5 Å². The molecular weight excluding hydrogens is 334 g/mol. The molecule has 0 unspecified atom stereocenters. The monoisotopic (exact) mass is 353 g/mol. The summed E-state index contributed by atoms with van der Waals surface area (Å²) >= 11 is 6.13. The van der Waals surface area contributed by atoms with E-state index in [9.17, 15) is 9.90 Å². The summed E-state index contributed by atoms with van der Waals surface area (Å²) in [6.07, 6.45) is 5.15. The van der Waals surface area contributed by atoms with E-state index in [0.717, 1.165) is 28.8 Å². The van der Waals surface area contributed by atoms with E-state index in [1.165, 1.54) is 5.56 Å². The first kappa shape index (κ1) is 16.4. The zero-order chi connectivity index (χ0) is 17.6. The van der Waals surface area contributed by atoms with Crippen LogP contribution >= 0.6 is 11.6 Å². The van der Waals surface area contributed by atoms with Crippen molar-refractivity contribution in [1.29, 1.82) is 0 Å². The minimum absolute atomic E-state index is 0.00915. The van der Waals surface area contributed by atoms with E-state index in [1.807, 2.05) is 24.3 Å². The van der Waals surface area contributed by atoms with E-state index in [2.05, 4.69) is 24.3 Å². The van der Waals surface area contributed by atoms with E-state index in [0.29, 0.717) is 23.4 Å². The Morgan fingerprint density at radius 3 is 2.72 bits per heavy atom. The number of anilines is 1. The highest BCUT2D eigenvalue weighted by Gasteiger charge is 2.37. The van der Waals surface area contributed by atoms with Gasteiger partial charge in [-0.2, -0.15) is 0 Å². The molecule has 128 valence electrons. The Balaban J connectivity index is 1.78. The smallest absolute Gasteiger partial charge is 0.224 e. The number of aliphatic hydroxyl groups is 1. The van der Waals surface area contributed by atoms with Crippen molar-refractivity contribution in [1.82, 2.24) is 0 Å². The fourth-order valence-electron chi connectivity index (χ4n) is 3.63. The molecule has 1 amide bonds. The Morgan fingerprint density at radius 1 is 1.20 bits per heavy atom. The second-order valence-electron chi connectivity index (χ2n) is 6.88. The van der Waals surface area contributed by atoms with Crippen LogP contribution in [0.15, 0.2) is 36.4 Å². The fourth-order valence-corrected chi connectivity index (χ4v) is 3.81. The largest absolute Gasteiger partial charge is 0.396 e. The molecule has 2 aliphatic rings. The molecule has 0 aromatic heterocycles. The minimum atomic E-state index is 0.00915. The maximum absolute atomic E-state index is 12.3. The quantitative estimate of drug-likeness (QED) is 0.865. The first-order valence-corrected chi connectivity index (χ1v) is 8.94. The average molecular weight is 354 g/mol. The van der Waals surface area contributed by atoms with Crippen molar-refractivity contribution in [2.24, 2.45) is 5.92 Å². The molecule has 3 nitrogen and oxygen atoms in total. The number of halogens is 1. The van der Waals surface area contributed by atoms with Crippen LogP contribution in [0.2, 0.25) is 5.02 Å². The van der Waals surface area contributed by atoms with Gasteiger partial charge in [0.25, 0.3) is 0 Å². The number of carbonyl (C=O) groups excluding carboxylic acids is 1. The average Bonchev–Trinajstić information content (AvgIpc) is 3.36. The molecule has 2 atom stereocenters. The standard InChI is InChI=1S/C21H20ClNO2/c1-13(25)23-11-17-8-15(20-10-18(20)12-24)4-2-14(17)3-5-16-9-19(22)6-7-21(16)23/h2-9,18,20,24H,10-12H2,1H3/t18-,20-/m1/s1. The fraction of sp³-hybridized carbons (Fsp3) is 0.286. The molecule has 1 aliphatic carbocycles. The third-order valence-corrected chi connectivity index (χ3v) is 5.42. The normalized spacial score (nSPS) is 21.2. The van der Waals surface area contributed by atoms with Gasteiger partial charge >= 0.3 is 0 Å². The van der Waals surface area contributed by atoms with Crippen molar-refractivity contribution < 1.29 is 9.90 Å². The van der Waals surface area contributed by atoms with Crippen molar-refractivity contribution in [3.63, 3.8) is 0 Å². The first-order valence-electron chi connectivity index (χ1n) is 8.56. The topological polar surface area (TPSA) is 40.5 Å². The predicted molar refractivity (Wildman–Crippen MR) is 102 cm³/mol. The van der Waals surface area contributed by atoms with Gasteiger partial charge in [-0.3, -0.25) is 4.79 Å². The lowest BCUT2D eigenvalue weighted by Gasteiger charge is -2.26. The van der Waals surface area contributed by atoms with Gasteiger partial charge in [-0.25, -0.2) is 0 Å². The Labute approximate surface area is 152 Å². The van der Waals surface area contributed by atoms with Gasteiger partial charge in [0.2, 0.25) is 5.91 Å². The number of benzene rings is 2. The van der Waals surface area contributed by atoms with Crippen LogP contribution in [0.1, 0.15) is 41.5 Å². The maximum Gasteiger partial charge on any atom is 0.224 e. The van der Waals surface area contributed by atoms with Crippen molar-refractivity contribution in [3.05, 3.63) is 63.7 Å². The van der Waals surface area contributed by atoms with Crippen molar-refractivity contribution >= 4 is 35.3 Å². The molecule has 2 aromatic carbocycles. The van der Waals surface area contributed by atoms with Crippen LogP contribution in [-0.4, -0.2) is 17.6 Å². The summed E-state index contributed by atoms with van der Waals surface area (Å²) in [5, 5.41) is 9.99. The summed E-state index contributed by atoms with van der Waals surface area (Å²) in [5.74, 6) is 0.838. The molecule has 0 bridgehead atoms. The summed E-state index contributed by atoms with van der Waals surface area (Å²) in [6, 6.07) is 12.1. The molecule has 4 rings (SSSR count). The molecule has 1 heterocycles. The zero-order valence-corrected chi connectivity index (χ0v) is 14.8. The number of aliphatic hydroxyl groups excluding tert-OH is 1. The Hall–Kier alpha value is -2.10. The number of hydrogen-bond donors (Lipinski definition) is 1. The van der Waals surface area contributed by atoms with E-state index in [4.69, 9.17) is 11.6 Å². The highest BCUT2D eigenvalue weighted by atomic mass is 35.5. The van der Waals surface area contributed by atoms with Crippen molar-refractivity contribution in [2.75, 3.05) is 11.5 Å². The van der Waals surface area contributed by atoms with E-state index in [1.54, 1.807) is 11.8 Å². The molecule has 2 aromatic rings. The highest BCUT2D eigenvalue weighted by molar-refractivity contribution is 6.30. The summed E-state index contributed by atoms with van der Waals surface area (Å²) in [5.41, 5.74) is 5.32. The number of carbonyl (C=O) groups is 1. The Bertz CT molecular complexity index is 874.